The van der Waals surface area contributed by atoms with E-state index in [9.17, 15) is 23.7 Å². The molecule has 1 aliphatic rings. The summed E-state index contributed by atoms with van der Waals surface area (Å²) >= 11 is 0. The number of rotatable bonds is 6. The maximum Gasteiger partial charge on any atom is 0.387 e. The van der Waals surface area contributed by atoms with Crippen molar-refractivity contribution in [2.45, 2.75) is 38.5 Å². The van der Waals surface area contributed by atoms with Crippen LogP contribution in [0.2, 0.25) is 0 Å². The summed E-state index contributed by atoms with van der Waals surface area (Å²) in [5, 5.41) is 15.7. The Bertz CT molecular complexity index is 608. The molecule has 2 amide bonds. The Hall–Kier alpha value is -2.49. The number of amides is 2. The Labute approximate surface area is 136 Å². The second-order valence-electron chi connectivity index (χ2n) is 5.25. The molecule has 2 atom stereocenters. The van der Waals surface area contributed by atoms with Gasteiger partial charge in [0, 0.05) is 18.7 Å². The zero-order valence-electron chi connectivity index (χ0n) is 12.8. The van der Waals surface area contributed by atoms with Crippen LogP contribution < -0.4 is 15.4 Å². The number of nitrogens with zero attached hydrogens (tertiary/aromatic N) is 1. The predicted molar refractivity (Wildman–Crippen MR) is 80.3 cm³/mol. The first-order chi connectivity index (χ1) is 11.4. The zero-order valence-corrected chi connectivity index (χ0v) is 12.8. The summed E-state index contributed by atoms with van der Waals surface area (Å²) in [6.45, 7) is -0.754. The normalized spacial score (nSPS) is 18.2. The maximum atomic E-state index is 12.4. The minimum atomic E-state index is -3.12. The van der Waals surface area contributed by atoms with Gasteiger partial charge >= 0.3 is 12.6 Å². The molecule has 2 unspecified atom stereocenters. The van der Waals surface area contributed by atoms with Gasteiger partial charge in [-0.2, -0.15) is 8.78 Å². The highest BCUT2D eigenvalue weighted by Crippen LogP contribution is 2.30. The lowest BCUT2D eigenvalue weighted by molar-refractivity contribution is -0.384. The number of nitrogens with one attached hydrogen (secondary N) is 2. The maximum absolute atomic E-state index is 12.4. The molecule has 1 aromatic rings. The summed E-state index contributed by atoms with van der Waals surface area (Å²) < 4.78 is 34.5. The van der Waals surface area contributed by atoms with Crippen molar-refractivity contribution in [1.82, 2.24) is 5.32 Å². The van der Waals surface area contributed by atoms with E-state index in [1.807, 2.05) is 0 Å². The molecular weight excluding hydrogens is 328 g/mol. The minimum Gasteiger partial charge on any atom is -0.433 e. The molecule has 2 rings (SSSR count). The second-order valence-corrected chi connectivity index (χ2v) is 5.25. The number of carbonyl (C=O) groups is 1. The molecule has 1 aliphatic heterocycles. The van der Waals surface area contributed by atoms with Crippen molar-refractivity contribution in [3.05, 3.63) is 28.3 Å². The van der Waals surface area contributed by atoms with Crippen molar-refractivity contribution in [2.75, 3.05) is 11.9 Å². The molecule has 0 spiro atoms. The number of nitro groups is 1. The number of hydrogen-bond donors (Lipinski definition) is 2. The van der Waals surface area contributed by atoms with Crippen molar-refractivity contribution >= 4 is 17.4 Å². The number of urea groups is 1. The Kier molecular flexibility index (Phi) is 5.85. The van der Waals surface area contributed by atoms with Crippen LogP contribution >= 0.6 is 0 Å². The van der Waals surface area contributed by atoms with Crippen molar-refractivity contribution in [1.29, 1.82) is 0 Å². The Balaban J connectivity index is 2.08. The number of halogens is 2. The van der Waals surface area contributed by atoms with Gasteiger partial charge < -0.3 is 20.1 Å². The monoisotopic (exact) mass is 345 g/mol. The fourth-order valence-electron chi connectivity index (χ4n) is 2.38. The lowest BCUT2D eigenvalue weighted by atomic mass is 10.1. The van der Waals surface area contributed by atoms with Crippen LogP contribution in [0.15, 0.2) is 18.2 Å². The van der Waals surface area contributed by atoms with E-state index in [0.717, 1.165) is 31.0 Å². The molecule has 132 valence electrons. The third kappa shape index (κ3) is 4.75. The van der Waals surface area contributed by atoms with Gasteiger partial charge in [0.15, 0.2) is 0 Å². The van der Waals surface area contributed by atoms with Gasteiger partial charge in [-0.3, -0.25) is 10.1 Å². The summed E-state index contributed by atoms with van der Waals surface area (Å²) in [4.78, 5) is 22.1. The predicted octanol–water partition coefficient (Wildman–Crippen LogP) is 2.89. The van der Waals surface area contributed by atoms with E-state index in [1.54, 1.807) is 6.92 Å². The molecule has 1 aromatic carbocycles. The highest BCUT2D eigenvalue weighted by molar-refractivity contribution is 5.91. The number of alkyl halides is 2. The van der Waals surface area contributed by atoms with Crippen molar-refractivity contribution in [3.63, 3.8) is 0 Å². The molecule has 0 aliphatic carbocycles. The van der Waals surface area contributed by atoms with Gasteiger partial charge in [-0.05, 0) is 25.8 Å². The highest BCUT2D eigenvalue weighted by atomic mass is 19.3. The van der Waals surface area contributed by atoms with Gasteiger partial charge in [0.2, 0.25) is 0 Å². The molecule has 2 N–H and O–H groups in total. The molecule has 0 bridgehead atoms. The van der Waals surface area contributed by atoms with Crippen molar-refractivity contribution in [2.24, 2.45) is 0 Å². The Morgan fingerprint density at radius 2 is 2.25 bits per heavy atom. The molecule has 24 heavy (non-hydrogen) atoms. The molecule has 1 heterocycles. The third-order valence-corrected chi connectivity index (χ3v) is 3.52. The van der Waals surface area contributed by atoms with Crippen LogP contribution in [0.1, 0.15) is 19.8 Å². The number of nitro benzene ring substituents is 1. The molecule has 10 heteroatoms. The fourth-order valence-corrected chi connectivity index (χ4v) is 2.38. The van der Waals surface area contributed by atoms with Gasteiger partial charge in [0.25, 0.3) is 5.69 Å². The lowest BCUT2D eigenvalue weighted by Gasteiger charge is -2.20. The number of benzene rings is 1. The van der Waals surface area contributed by atoms with E-state index < -0.39 is 17.6 Å². The number of non-ortho nitro benzene ring substituents is 1. The molecule has 1 fully saturated rings. The van der Waals surface area contributed by atoms with Gasteiger partial charge in [0.1, 0.15) is 5.75 Å². The summed E-state index contributed by atoms with van der Waals surface area (Å²) in [5.74, 6) is -0.365. The van der Waals surface area contributed by atoms with E-state index >= 15 is 0 Å². The quantitative estimate of drug-likeness (QED) is 0.609. The number of anilines is 1. The summed E-state index contributed by atoms with van der Waals surface area (Å²) in [6.07, 6.45) is 1.57. The minimum absolute atomic E-state index is 0.127. The molecule has 0 saturated carbocycles. The SMILES string of the molecule is CC(NC(=O)Nc1cc([N+](=O)[O-])ccc1OC(F)F)C1CCCO1. The number of hydrogen-bond acceptors (Lipinski definition) is 5. The van der Waals surface area contributed by atoms with Gasteiger partial charge in [-0.1, -0.05) is 0 Å². The average molecular weight is 345 g/mol. The van der Waals surface area contributed by atoms with Crippen LogP contribution in [-0.2, 0) is 4.74 Å². The molecular formula is C14H17F2N3O5. The highest BCUT2D eigenvalue weighted by Gasteiger charge is 2.24. The summed E-state index contributed by atoms with van der Waals surface area (Å²) in [7, 11) is 0. The van der Waals surface area contributed by atoms with Gasteiger partial charge in [0.05, 0.1) is 22.8 Å². The van der Waals surface area contributed by atoms with Crippen LogP contribution in [0.5, 0.6) is 5.75 Å². The van der Waals surface area contributed by atoms with E-state index in [-0.39, 0.29) is 29.3 Å². The fraction of sp³-hybridized carbons (Fsp3) is 0.500. The summed E-state index contributed by atoms with van der Waals surface area (Å²) in [6, 6.07) is 1.97. The van der Waals surface area contributed by atoms with Crippen molar-refractivity contribution in [3.8, 4) is 5.75 Å². The largest absolute Gasteiger partial charge is 0.433 e. The van der Waals surface area contributed by atoms with Crippen LogP contribution in [0.25, 0.3) is 0 Å². The van der Waals surface area contributed by atoms with E-state index in [0.29, 0.717) is 6.61 Å². The molecule has 0 aromatic heterocycles. The molecule has 1 saturated heterocycles. The first-order valence-electron chi connectivity index (χ1n) is 7.29. The topological polar surface area (TPSA) is 103 Å². The van der Waals surface area contributed by atoms with E-state index in [2.05, 4.69) is 15.4 Å². The second kappa shape index (κ2) is 7.86. The van der Waals surface area contributed by atoms with Crippen LogP contribution in [0, 0.1) is 10.1 Å². The molecule has 8 nitrogen and oxygen atoms in total. The smallest absolute Gasteiger partial charge is 0.387 e. The third-order valence-electron chi connectivity index (χ3n) is 3.52. The first kappa shape index (κ1) is 17.9. The van der Waals surface area contributed by atoms with E-state index in [1.165, 1.54) is 0 Å². The van der Waals surface area contributed by atoms with Crippen LogP contribution in [-0.4, -0.2) is 36.3 Å². The van der Waals surface area contributed by atoms with Crippen molar-refractivity contribution < 1.29 is 28.0 Å². The number of ether oxygens (including phenoxy) is 2. The Morgan fingerprint density at radius 3 is 2.83 bits per heavy atom. The number of carbonyl (C=O) groups excluding carboxylic acids is 1. The summed E-state index contributed by atoms with van der Waals surface area (Å²) in [5.41, 5.74) is -0.583. The Morgan fingerprint density at radius 1 is 1.50 bits per heavy atom. The standard InChI is InChI=1S/C14H17F2N3O5/c1-8(11-3-2-6-23-11)17-14(20)18-10-7-9(19(21)22)4-5-12(10)24-13(15)16/h4-5,7-8,11,13H,2-3,6H2,1H3,(H2,17,18,20). The van der Waals surface area contributed by atoms with Gasteiger partial charge in [-0.15, -0.1) is 0 Å². The van der Waals surface area contributed by atoms with Gasteiger partial charge in [-0.25, -0.2) is 4.79 Å². The lowest BCUT2D eigenvalue weighted by Crippen LogP contribution is -2.43. The van der Waals surface area contributed by atoms with Crippen LogP contribution in [0.3, 0.4) is 0 Å². The van der Waals surface area contributed by atoms with E-state index in [4.69, 9.17) is 4.74 Å². The average Bonchev–Trinajstić information content (AvgIpc) is 3.02. The first-order valence-corrected chi connectivity index (χ1v) is 7.29. The van der Waals surface area contributed by atoms with Crippen LogP contribution in [0.4, 0.5) is 25.0 Å². The zero-order chi connectivity index (χ0) is 17.7. The molecule has 0 radical (unpaired) electrons.